The van der Waals surface area contributed by atoms with E-state index in [1.807, 2.05) is 0 Å². The minimum absolute atomic E-state index is 0.485. The van der Waals surface area contributed by atoms with Crippen molar-refractivity contribution < 1.29 is 23.9 Å². The summed E-state index contributed by atoms with van der Waals surface area (Å²) in [6.07, 6.45) is 0.485. The van der Waals surface area contributed by atoms with Crippen LogP contribution in [0.25, 0.3) is 0 Å². The summed E-state index contributed by atoms with van der Waals surface area (Å²) < 4.78 is 9.70. The fraction of sp³-hybridized carbons (Fsp3) is 0.700. The summed E-state index contributed by atoms with van der Waals surface area (Å²) in [5, 5.41) is 0. The normalized spacial score (nSPS) is 22.2. The van der Waals surface area contributed by atoms with Crippen molar-refractivity contribution in [1.29, 1.82) is 0 Å². The van der Waals surface area contributed by atoms with Gasteiger partial charge >= 0.3 is 11.9 Å². The number of hydrogen-bond acceptors (Lipinski definition) is 5. The van der Waals surface area contributed by atoms with E-state index in [-0.39, 0.29) is 0 Å². The Bertz CT molecular complexity index is 316. The molecule has 1 atom stereocenters. The summed E-state index contributed by atoms with van der Waals surface area (Å²) in [6, 6.07) is 0. The molecule has 0 N–H and O–H groups in total. The van der Waals surface area contributed by atoms with Gasteiger partial charge in [-0.3, -0.25) is 14.4 Å². The maximum Gasteiger partial charge on any atom is 0.331 e. The van der Waals surface area contributed by atoms with Gasteiger partial charge in [0.15, 0.2) is 5.78 Å². The summed E-state index contributed by atoms with van der Waals surface area (Å²) in [4.78, 5) is 34.2. The molecule has 0 amide bonds. The number of carbonyl (C=O) groups is 3. The first kappa shape index (κ1) is 13.2. The largest absolute Gasteiger partial charge is 0.422 e. The molecule has 1 aliphatic rings. The molecule has 1 saturated heterocycles. The average Bonchev–Trinajstić information content (AvgIpc) is 2.13. The highest BCUT2D eigenvalue weighted by Gasteiger charge is 2.48. The van der Waals surface area contributed by atoms with E-state index >= 15 is 0 Å². The summed E-state index contributed by atoms with van der Waals surface area (Å²) in [7, 11) is 0. The molecule has 90 valence electrons. The van der Waals surface area contributed by atoms with Gasteiger partial charge in [0.05, 0.1) is 4.83 Å². The van der Waals surface area contributed by atoms with Gasteiger partial charge in [0.1, 0.15) is 0 Å². The molecule has 1 rings (SSSR count). The highest BCUT2D eigenvalue weighted by molar-refractivity contribution is 9.10. The highest BCUT2D eigenvalue weighted by atomic mass is 79.9. The minimum atomic E-state index is -1.46. The summed E-state index contributed by atoms with van der Waals surface area (Å²) in [5.74, 6) is -4.96. The fourth-order valence-electron chi connectivity index (χ4n) is 1.33. The van der Waals surface area contributed by atoms with E-state index in [0.717, 1.165) is 0 Å². The van der Waals surface area contributed by atoms with Gasteiger partial charge in [0.2, 0.25) is 5.92 Å². The van der Waals surface area contributed by atoms with E-state index in [2.05, 4.69) is 15.9 Å². The molecular weight excluding hydrogens is 280 g/mol. The Morgan fingerprint density at radius 3 is 2.19 bits per heavy atom. The third-order valence-corrected chi connectivity index (χ3v) is 3.21. The lowest BCUT2D eigenvalue weighted by Crippen LogP contribution is -2.50. The van der Waals surface area contributed by atoms with Crippen molar-refractivity contribution in [3.05, 3.63) is 0 Å². The molecule has 6 heteroatoms. The van der Waals surface area contributed by atoms with Crippen molar-refractivity contribution in [2.24, 2.45) is 5.92 Å². The van der Waals surface area contributed by atoms with Crippen LogP contribution in [0.5, 0.6) is 0 Å². The minimum Gasteiger partial charge on any atom is -0.422 e. The maximum atomic E-state index is 11.7. The molecule has 1 unspecified atom stereocenters. The number of alkyl halides is 1. The predicted molar refractivity (Wildman–Crippen MR) is 57.8 cm³/mol. The number of Topliss-reactive ketones (excluding diaryl/α,β-unsaturated/α-hetero) is 1. The molecule has 0 aromatic heterocycles. The Kier molecular flexibility index (Phi) is 3.72. The van der Waals surface area contributed by atoms with E-state index in [0.29, 0.717) is 6.42 Å². The third-order valence-electron chi connectivity index (χ3n) is 2.12. The number of rotatable bonds is 3. The van der Waals surface area contributed by atoms with E-state index in [4.69, 9.17) is 9.47 Å². The molecule has 0 bridgehead atoms. The molecule has 0 saturated carbocycles. The Morgan fingerprint density at radius 1 is 1.38 bits per heavy atom. The van der Waals surface area contributed by atoms with Crippen molar-refractivity contribution in [3.63, 3.8) is 0 Å². The van der Waals surface area contributed by atoms with Crippen LogP contribution in [0, 0.1) is 5.92 Å². The van der Waals surface area contributed by atoms with Crippen molar-refractivity contribution in [1.82, 2.24) is 0 Å². The smallest absolute Gasteiger partial charge is 0.331 e. The van der Waals surface area contributed by atoms with Crippen LogP contribution in [0.3, 0.4) is 0 Å². The Hall–Kier alpha value is -0.910. The lowest BCUT2D eigenvalue weighted by atomic mass is 9.99. The topological polar surface area (TPSA) is 69.7 Å². The van der Waals surface area contributed by atoms with Crippen LogP contribution in [0.4, 0.5) is 0 Å². The van der Waals surface area contributed by atoms with Crippen LogP contribution in [0.15, 0.2) is 0 Å². The van der Waals surface area contributed by atoms with Gasteiger partial charge in [-0.25, -0.2) is 0 Å². The molecule has 0 spiro atoms. The molecule has 0 aromatic carbocycles. The zero-order chi connectivity index (χ0) is 12.5. The third kappa shape index (κ3) is 2.61. The van der Waals surface area contributed by atoms with E-state index in [1.54, 1.807) is 6.92 Å². The standard InChI is InChI=1S/C10H13BrO5/c1-4-5(11)7(12)6-8(13)15-10(2,3)16-9(6)14/h5-6H,4H2,1-3H3. The van der Waals surface area contributed by atoms with Crippen molar-refractivity contribution in [2.45, 2.75) is 37.8 Å². The van der Waals surface area contributed by atoms with Crippen LogP contribution in [-0.2, 0) is 23.9 Å². The summed E-state index contributed by atoms with van der Waals surface area (Å²) in [6.45, 7) is 4.64. The zero-order valence-corrected chi connectivity index (χ0v) is 10.9. The molecule has 0 aliphatic carbocycles. The van der Waals surface area contributed by atoms with Gasteiger partial charge in [-0.15, -0.1) is 0 Å². The monoisotopic (exact) mass is 292 g/mol. The molecule has 1 aliphatic heterocycles. The molecule has 0 aromatic rings. The molecule has 1 heterocycles. The number of ketones is 1. The van der Waals surface area contributed by atoms with Crippen molar-refractivity contribution >= 4 is 33.7 Å². The van der Waals surface area contributed by atoms with E-state index in [9.17, 15) is 14.4 Å². The predicted octanol–water partition coefficient (Wildman–Crippen LogP) is 1.18. The number of halogens is 1. The van der Waals surface area contributed by atoms with E-state index in [1.165, 1.54) is 13.8 Å². The quantitative estimate of drug-likeness (QED) is 0.444. The van der Waals surface area contributed by atoms with Crippen molar-refractivity contribution in [3.8, 4) is 0 Å². The van der Waals surface area contributed by atoms with Crippen LogP contribution >= 0.6 is 15.9 Å². The van der Waals surface area contributed by atoms with Gasteiger partial charge in [-0.05, 0) is 6.42 Å². The number of cyclic esters (lactones) is 2. The first-order valence-electron chi connectivity index (χ1n) is 4.92. The lowest BCUT2D eigenvalue weighted by Gasteiger charge is -2.32. The summed E-state index contributed by atoms with van der Waals surface area (Å²) in [5.41, 5.74) is 0. The Balaban J connectivity index is 2.87. The maximum absolute atomic E-state index is 11.7. The first-order valence-corrected chi connectivity index (χ1v) is 5.83. The second kappa shape index (κ2) is 4.53. The number of carbonyl (C=O) groups excluding carboxylic acids is 3. The molecule has 0 radical (unpaired) electrons. The Morgan fingerprint density at radius 2 is 1.81 bits per heavy atom. The summed E-state index contributed by atoms with van der Waals surface area (Å²) >= 11 is 3.10. The van der Waals surface area contributed by atoms with Gasteiger partial charge in [0.25, 0.3) is 5.79 Å². The lowest BCUT2D eigenvalue weighted by molar-refractivity contribution is -0.238. The van der Waals surface area contributed by atoms with Gasteiger partial charge in [-0.1, -0.05) is 22.9 Å². The van der Waals surface area contributed by atoms with Crippen LogP contribution in [0.1, 0.15) is 27.2 Å². The van der Waals surface area contributed by atoms with Crippen LogP contribution in [-0.4, -0.2) is 28.3 Å². The average molecular weight is 293 g/mol. The fourth-order valence-corrected chi connectivity index (χ4v) is 1.60. The van der Waals surface area contributed by atoms with E-state index < -0.39 is 34.3 Å². The molecule has 5 nitrogen and oxygen atoms in total. The number of esters is 2. The number of hydrogen-bond donors (Lipinski definition) is 0. The first-order chi connectivity index (χ1) is 7.28. The zero-order valence-electron chi connectivity index (χ0n) is 9.28. The van der Waals surface area contributed by atoms with Crippen LogP contribution < -0.4 is 0 Å². The highest BCUT2D eigenvalue weighted by Crippen LogP contribution is 2.26. The van der Waals surface area contributed by atoms with Crippen LogP contribution in [0.2, 0.25) is 0 Å². The second-order valence-corrected chi connectivity index (χ2v) is 5.06. The Labute approximate surface area is 102 Å². The van der Waals surface area contributed by atoms with Gasteiger partial charge in [-0.2, -0.15) is 0 Å². The van der Waals surface area contributed by atoms with Gasteiger partial charge in [0, 0.05) is 13.8 Å². The second-order valence-electron chi connectivity index (χ2n) is 3.95. The SMILES string of the molecule is CCC(Br)C(=O)C1C(=O)OC(C)(C)OC1=O. The molecule has 1 fully saturated rings. The molecular formula is C10H13BrO5. The number of ether oxygens (including phenoxy) is 2. The van der Waals surface area contributed by atoms with Gasteiger partial charge < -0.3 is 9.47 Å². The van der Waals surface area contributed by atoms with Crippen molar-refractivity contribution in [2.75, 3.05) is 0 Å². The molecule has 16 heavy (non-hydrogen) atoms.